The lowest BCUT2D eigenvalue weighted by Crippen LogP contribution is -2.05. The van der Waals surface area contributed by atoms with Crippen LogP contribution in [-0.4, -0.2) is 12.9 Å². The molecule has 2 aromatic carbocycles. The predicted octanol–water partition coefficient (Wildman–Crippen LogP) is 4.96. The van der Waals surface area contributed by atoms with Gasteiger partial charge >= 0.3 is 0 Å². The molecule has 0 fully saturated rings. The zero-order valence-electron chi connectivity index (χ0n) is 13.7. The van der Waals surface area contributed by atoms with Gasteiger partial charge in [0, 0.05) is 11.8 Å². The van der Waals surface area contributed by atoms with Crippen molar-refractivity contribution in [1.29, 1.82) is 10.5 Å². The molecule has 1 N–H and O–H groups in total. The number of nitrogens with zero attached hydrogens (tertiary/aromatic N) is 2. The van der Waals surface area contributed by atoms with Crippen molar-refractivity contribution in [3.05, 3.63) is 47.0 Å². The average Bonchev–Trinajstić information content (AvgIpc) is 2.63. The molecule has 0 bridgehead atoms. The molecule has 0 aliphatic carbocycles. The van der Waals surface area contributed by atoms with Crippen molar-refractivity contribution in [3.63, 3.8) is 0 Å². The van der Waals surface area contributed by atoms with Gasteiger partial charge in [-0.05, 0) is 24.3 Å². The van der Waals surface area contributed by atoms with E-state index in [9.17, 15) is 8.78 Å². The number of hydrogen-bond acceptors (Lipinski definition) is 5. The fraction of sp³-hybridized carbons (Fsp3) is 0.222. The zero-order chi connectivity index (χ0) is 18.4. The van der Waals surface area contributed by atoms with E-state index in [4.69, 9.17) is 15.3 Å². The van der Waals surface area contributed by atoms with Crippen LogP contribution >= 0.6 is 11.8 Å². The minimum Gasteiger partial charge on any atom is -0.497 e. The van der Waals surface area contributed by atoms with Crippen LogP contribution in [0.4, 0.5) is 20.2 Å². The molecule has 0 saturated heterocycles. The Kier molecular flexibility index (Phi) is 6.21. The fourth-order valence-electron chi connectivity index (χ4n) is 2.17. The molecule has 2 rings (SSSR count). The molecule has 2 aromatic rings. The van der Waals surface area contributed by atoms with Gasteiger partial charge in [-0.1, -0.05) is 13.0 Å². The van der Waals surface area contributed by atoms with E-state index in [1.165, 1.54) is 7.11 Å². The Morgan fingerprint density at radius 3 is 2.44 bits per heavy atom. The Morgan fingerprint density at radius 1 is 1.16 bits per heavy atom. The molecule has 128 valence electrons. The van der Waals surface area contributed by atoms with Gasteiger partial charge in [-0.15, -0.1) is 11.8 Å². The van der Waals surface area contributed by atoms with E-state index in [1.54, 1.807) is 36.4 Å². The molecule has 0 aliphatic rings. The molecule has 0 spiro atoms. The van der Waals surface area contributed by atoms with Gasteiger partial charge in [-0.3, -0.25) is 0 Å². The van der Waals surface area contributed by atoms with Crippen molar-refractivity contribution < 1.29 is 13.5 Å². The molecule has 0 radical (unpaired) electrons. The summed E-state index contributed by atoms with van der Waals surface area (Å²) >= 11 is 1.10. The van der Waals surface area contributed by atoms with Gasteiger partial charge in [0.05, 0.1) is 17.7 Å². The lowest BCUT2D eigenvalue weighted by atomic mass is 10.1. The van der Waals surface area contributed by atoms with Crippen LogP contribution in [0.1, 0.15) is 24.5 Å². The number of anilines is 2. The molecule has 0 unspecified atom stereocenters. The lowest BCUT2D eigenvalue weighted by Gasteiger charge is -2.16. The number of rotatable bonds is 6. The van der Waals surface area contributed by atoms with E-state index in [-0.39, 0.29) is 10.6 Å². The minimum absolute atomic E-state index is 0.0160. The summed E-state index contributed by atoms with van der Waals surface area (Å²) in [6.45, 7) is 1.91. The second-order valence-corrected chi connectivity index (χ2v) is 6.12. The molecule has 25 heavy (non-hydrogen) atoms. The second kappa shape index (κ2) is 8.36. The summed E-state index contributed by atoms with van der Waals surface area (Å²) in [5.41, 5.74) is -0.856. The quantitative estimate of drug-likeness (QED) is 0.738. The summed E-state index contributed by atoms with van der Waals surface area (Å²) in [5.74, 6) is -0.742. The first-order valence-corrected chi connectivity index (χ1v) is 8.44. The highest BCUT2D eigenvalue weighted by Gasteiger charge is 2.25. The van der Waals surface area contributed by atoms with Crippen LogP contribution in [0.2, 0.25) is 0 Å². The summed E-state index contributed by atoms with van der Waals surface area (Å²) in [4.78, 5) is -0.0160. The van der Waals surface area contributed by atoms with E-state index < -0.39 is 22.8 Å². The third kappa shape index (κ3) is 3.84. The van der Waals surface area contributed by atoms with Crippen LogP contribution in [-0.2, 0) is 0 Å². The van der Waals surface area contributed by atoms with Gasteiger partial charge in [0.2, 0.25) is 0 Å². The normalized spacial score (nSPS) is 10.0. The highest BCUT2D eigenvalue weighted by atomic mass is 32.2. The number of hydrogen-bond donors (Lipinski definition) is 1. The summed E-state index contributed by atoms with van der Waals surface area (Å²) in [6.07, 6.45) is 0.742. The van der Waals surface area contributed by atoms with E-state index in [0.717, 1.165) is 18.2 Å². The molecule has 0 atom stereocenters. The maximum atomic E-state index is 14.8. The van der Waals surface area contributed by atoms with Gasteiger partial charge in [0.25, 0.3) is 0 Å². The van der Waals surface area contributed by atoms with E-state index in [1.807, 2.05) is 6.92 Å². The molecule has 0 aromatic heterocycles. The number of thioether (sulfide) groups is 1. The Bertz CT molecular complexity index is 872. The SMILES string of the molecule is CCCSc1c(F)c(C#N)c(C#N)c(F)c1Nc1cccc(OC)c1. The van der Waals surface area contributed by atoms with Crippen LogP contribution in [0.25, 0.3) is 0 Å². The Morgan fingerprint density at radius 2 is 1.84 bits per heavy atom. The van der Waals surface area contributed by atoms with Crippen molar-refractivity contribution in [1.82, 2.24) is 0 Å². The monoisotopic (exact) mass is 359 g/mol. The standard InChI is InChI=1S/C18H15F2N3OS/c1-3-7-25-18-16(20)14(10-22)13(9-21)15(19)17(18)23-11-5-4-6-12(8-11)24-2/h4-6,8,23H,3,7H2,1-2H3. The number of ether oxygens (including phenoxy) is 1. The number of nitrogens with one attached hydrogen (secondary N) is 1. The van der Waals surface area contributed by atoms with Crippen LogP contribution in [0.5, 0.6) is 5.75 Å². The summed E-state index contributed by atoms with van der Waals surface area (Å²) in [5, 5.41) is 21.0. The minimum atomic E-state index is -0.943. The highest BCUT2D eigenvalue weighted by Crippen LogP contribution is 2.39. The van der Waals surface area contributed by atoms with Crippen LogP contribution in [0.3, 0.4) is 0 Å². The van der Waals surface area contributed by atoms with Crippen molar-refractivity contribution in [2.24, 2.45) is 0 Å². The van der Waals surface area contributed by atoms with Crippen molar-refractivity contribution >= 4 is 23.1 Å². The summed E-state index contributed by atoms with van der Waals surface area (Å²) < 4.78 is 34.6. The second-order valence-electron chi connectivity index (χ2n) is 5.01. The Labute approximate surface area is 149 Å². The predicted molar refractivity (Wildman–Crippen MR) is 93.1 cm³/mol. The first-order valence-electron chi connectivity index (χ1n) is 7.46. The average molecular weight is 359 g/mol. The van der Waals surface area contributed by atoms with Crippen LogP contribution < -0.4 is 10.1 Å². The molecule has 0 saturated carbocycles. The molecular formula is C18H15F2N3OS. The van der Waals surface area contributed by atoms with Gasteiger partial charge < -0.3 is 10.1 Å². The van der Waals surface area contributed by atoms with Crippen LogP contribution in [0.15, 0.2) is 29.2 Å². The number of benzene rings is 2. The number of halogens is 2. The largest absolute Gasteiger partial charge is 0.497 e. The number of nitriles is 2. The Balaban J connectivity index is 2.63. The summed E-state index contributed by atoms with van der Waals surface area (Å²) in [6, 6.07) is 9.86. The van der Waals surface area contributed by atoms with Crippen molar-refractivity contribution in [2.75, 3.05) is 18.2 Å². The first kappa shape index (κ1) is 18.6. The molecule has 0 aliphatic heterocycles. The van der Waals surface area contributed by atoms with Gasteiger partial charge in [0.15, 0.2) is 11.6 Å². The summed E-state index contributed by atoms with van der Waals surface area (Å²) in [7, 11) is 1.50. The number of methoxy groups -OCH3 is 1. The van der Waals surface area contributed by atoms with Gasteiger partial charge in [-0.25, -0.2) is 8.78 Å². The smallest absolute Gasteiger partial charge is 0.167 e. The van der Waals surface area contributed by atoms with Crippen molar-refractivity contribution in [2.45, 2.75) is 18.2 Å². The lowest BCUT2D eigenvalue weighted by molar-refractivity contribution is 0.415. The van der Waals surface area contributed by atoms with Crippen LogP contribution in [0, 0.1) is 34.3 Å². The van der Waals surface area contributed by atoms with Gasteiger partial charge in [0.1, 0.15) is 29.0 Å². The third-order valence-electron chi connectivity index (χ3n) is 3.35. The molecule has 0 amide bonds. The fourth-order valence-corrected chi connectivity index (χ4v) is 3.10. The maximum Gasteiger partial charge on any atom is 0.167 e. The van der Waals surface area contributed by atoms with Crippen molar-refractivity contribution in [3.8, 4) is 17.9 Å². The third-order valence-corrected chi connectivity index (χ3v) is 4.63. The molecule has 7 heteroatoms. The molecular weight excluding hydrogens is 344 g/mol. The Hall–Kier alpha value is -2.77. The molecule has 4 nitrogen and oxygen atoms in total. The van der Waals surface area contributed by atoms with E-state index in [0.29, 0.717) is 17.2 Å². The maximum absolute atomic E-state index is 14.8. The van der Waals surface area contributed by atoms with E-state index >= 15 is 0 Å². The topological polar surface area (TPSA) is 68.8 Å². The van der Waals surface area contributed by atoms with E-state index in [2.05, 4.69) is 5.32 Å². The zero-order valence-corrected chi connectivity index (χ0v) is 14.5. The first-order chi connectivity index (χ1) is 12.1. The molecule has 0 heterocycles. The highest BCUT2D eigenvalue weighted by molar-refractivity contribution is 7.99. The van der Waals surface area contributed by atoms with Gasteiger partial charge in [-0.2, -0.15) is 10.5 Å².